The number of carbonyl (C=O) groups is 3. The maximum Gasteiger partial charge on any atom is 0.338 e. The normalized spacial score (nSPS) is 17.7. The second-order valence-corrected chi connectivity index (χ2v) is 9.22. The topological polar surface area (TPSA) is 85.4 Å². The van der Waals surface area contributed by atoms with Gasteiger partial charge in [-0.1, -0.05) is 12.1 Å². The molecule has 0 spiro atoms. The number of ether oxygens (including phenoxy) is 3. The number of carbonyl (C=O) groups excluding carboxylic acids is 3. The molecule has 2 aromatic rings. The highest BCUT2D eigenvalue weighted by Crippen LogP contribution is 2.47. The standard InChI is InChI=1S/C25H30N2O6S/c1-6-32-25(30)18-9-12-21-20(15-18)27(14-13-26(3)4)24(29)22(33-16(2)28)23(34-21)17-7-10-19(31-5)11-8-17/h7-12,15,22-23H,6,13-14H2,1-5H3/t22-,23+/m1/s1. The maximum absolute atomic E-state index is 13.8. The first-order valence-corrected chi connectivity index (χ1v) is 11.9. The highest BCUT2D eigenvalue weighted by Gasteiger charge is 2.41. The molecule has 1 heterocycles. The number of fused-ring (bicyclic) bond motifs is 1. The minimum Gasteiger partial charge on any atom is -0.497 e. The molecule has 1 aliphatic rings. The third kappa shape index (κ3) is 5.90. The van der Waals surface area contributed by atoms with Gasteiger partial charge >= 0.3 is 11.9 Å². The summed E-state index contributed by atoms with van der Waals surface area (Å²) in [6.07, 6.45) is -1.04. The zero-order valence-electron chi connectivity index (χ0n) is 20.1. The Bertz CT molecular complexity index is 1040. The van der Waals surface area contributed by atoms with Crippen LogP contribution in [-0.4, -0.2) is 69.8 Å². The van der Waals surface area contributed by atoms with Crippen LogP contribution >= 0.6 is 11.8 Å². The first-order chi connectivity index (χ1) is 16.2. The van der Waals surface area contributed by atoms with Crippen molar-refractivity contribution in [3.05, 3.63) is 53.6 Å². The van der Waals surface area contributed by atoms with Gasteiger partial charge in [-0.25, -0.2) is 4.79 Å². The number of anilines is 1. The third-order valence-electron chi connectivity index (χ3n) is 5.31. The minimum atomic E-state index is -1.04. The fourth-order valence-corrected chi connectivity index (χ4v) is 4.93. The molecule has 34 heavy (non-hydrogen) atoms. The molecule has 0 saturated carbocycles. The molecule has 182 valence electrons. The number of hydrogen-bond acceptors (Lipinski definition) is 8. The van der Waals surface area contributed by atoms with Crippen molar-refractivity contribution in [3.8, 4) is 5.75 Å². The van der Waals surface area contributed by atoms with Gasteiger partial charge in [-0.2, -0.15) is 0 Å². The summed E-state index contributed by atoms with van der Waals surface area (Å²) in [5.74, 6) is -0.652. The Morgan fingerprint density at radius 1 is 1.12 bits per heavy atom. The van der Waals surface area contributed by atoms with E-state index in [9.17, 15) is 14.4 Å². The van der Waals surface area contributed by atoms with Gasteiger partial charge in [-0.05, 0) is 56.9 Å². The van der Waals surface area contributed by atoms with Crippen LogP contribution in [0.5, 0.6) is 5.75 Å². The van der Waals surface area contributed by atoms with Crippen LogP contribution in [0, 0.1) is 0 Å². The molecule has 0 fully saturated rings. The minimum absolute atomic E-state index is 0.252. The molecule has 2 aromatic carbocycles. The van der Waals surface area contributed by atoms with Gasteiger partial charge in [0, 0.05) is 24.9 Å². The summed E-state index contributed by atoms with van der Waals surface area (Å²) in [7, 11) is 5.41. The Morgan fingerprint density at radius 2 is 1.82 bits per heavy atom. The number of amides is 1. The van der Waals surface area contributed by atoms with Crippen LogP contribution in [0.15, 0.2) is 47.4 Å². The molecular weight excluding hydrogens is 456 g/mol. The Balaban J connectivity index is 2.12. The summed E-state index contributed by atoms with van der Waals surface area (Å²) >= 11 is 1.42. The lowest BCUT2D eigenvalue weighted by Crippen LogP contribution is -2.45. The van der Waals surface area contributed by atoms with Crippen molar-refractivity contribution in [2.45, 2.75) is 30.1 Å². The van der Waals surface area contributed by atoms with Crippen molar-refractivity contribution in [2.75, 3.05) is 45.8 Å². The average molecular weight is 487 g/mol. The van der Waals surface area contributed by atoms with E-state index in [1.807, 2.05) is 49.3 Å². The lowest BCUT2D eigenvalue weighted by molar-refractivity contribution is -0.152. The quantitative estimate of drug-likeness (QED) is 0.524. The number of nitrogens with zero attached hydrogens (tertiary/aromatic N) is 2. The molecule has 1 aliphatic heterocycles. The first-order valence-electron chi connectivity index (χ1n) is 11.0. The second-order valence-electron chi connectivity index (χ2n) is 8.04. The van der Waals surface area contributed by atoms with Crippen molar-refractivity contribution < 1.29 is 28.6 Å². The summed E-state index contributed by atoms with van der Waals surface area (Å²) in [4.78, 5) is 42.6. The van der Waals surface area contributed by atoms with Crippen LogP contribution in [0.2, 0.25) is 0 Å². The number of likely N-dealkylation sites (N-methyl/N-ethyl adjacent to an activating group) is 1. The highest BCUT2D eigenvalue weighted by atomic mass is 32.2. The smallest absolute Gasteiger partial charge is 0.338 e. The van der Waals surface area contributed by atoms with E-state index in [1.54, 1.807) is 31.1 Å². The Labute approximate surface area is 204 Å². The number of thioether (sulfide) groups is 1. The van der Waals surface area contributed by atoms with E-state index >= 15 is 0 Å². The fraction of sp³-hybridized carbons (Fsp3) is 0.400. The zero-order chi connectivity index (χ0) is 24.8. The molecular formula is C25H30N2O6S. The molecule has 2 atom stereocenters. The zero-order valence-corrected chi connectivity index (χ0v) is 20.9. The molecule has 0 bridgehead atoms. The number of hydrogen-bond donors (Lipinski definition) is 0. The lowest BCUT2D eigenvalue weighted by atomic mass is 10.1. The second kappa shape index (κ2) is 11.4. The van der Waals surface area contributed by atoms with Crippen molar-refractivity contribution in [1.29, 1.82) is 0 Å². The van der Waals surface area contributed by atoms with Crippen molar-refractivity contribution in [3.63, 3.8) is 0 Å². The predicted octanol–water partition coefficient (Wildman–Crippen LogP) is 3.55. The van der Waals surface area contributed by atoms with Gasteiger partial charge in [0.05, 0.1) is 30.2 Å². The molecule has 3 rings (SSSR count). The Kier molecular flexibility index (Phi) is 8.57. The third-order valence-corrected chi connectivity index (χ3v) is 6.68. The molecule has 1 amide bonds. The van der Waals surface area contributed by atoms with Gasteiger partial charge in [-0.15, -0.1) is 11.8 Å². The SMILES string of the molecule is CCOC(=O)c1ccc2c(c1)N(CCN(C)C)C(=O)[C@H](OC(C)=O)[C@H](c1ccc(OC)cc1)S2. The average Bonchev–Trinajstić information content (AvgIpc) is 2.92. The van der Waals surface area contributed by atoms with E-state index < -0.39 is 23.3 Å². The number of benzene rings is 2. The van der Waals surface area contributed by atoms with Crippen LogP contribution in [0.1, 0.15) is 35.0 Å². The summed E-state index contributed by atoms with van der Waals surface area (Å²) in [5, 5.41) is -0.487. The van der Waals surface area contributed by atoms with Crippen molar-refractivity contribution >= 4 is 35.3 Å². The Hall–Kier alpha value is -3.04. The van der Waals surface area contributed by atoms with E-state index in [4.69, 9.17) is 14.2 Å². The monoisotopic (exact) mass is 486 g/mol. The number of methoxy groups -OCH3 is 1. The van der Waals surface area contributed by atoms with Crippen LogP contribution < -0.4 is 9.64 Å². The first kappa shape index (κ1) is 25.6. The van der Waals surface area contributed by atoms with E-state index in [2.05, 4.69) is 0 Å². The Morgan fingerprint density at radius 3 is 2.41 bits per heavy atom. The highest BCUT2D eigenvalue weighted by molar-refractivity contribution is 7.99. The van der Waals surface area contributed by atoms with Crippen molar-refractivity contribution in [1.82, 2.24) is 4.90 Å². The van der Waals surface area contributed by atoms with E-state index in [1.165, 1.54) is 18.7 Å². The van der Waals surface area contributed by atoms with Gasteiger partial charge in [0.15, 0.2) is 6.10 Å². The molecule has 0 aromatic heterocycles. The summed E-state index contributed by atoms with van der Waals surface area (Å²) in [6, 6.07) is 12.5. The number of rotatable bonds is 8. The fourth-order valence-electron chi connectivity index (χ4n) is 3.63. The van der Waals surface area contributed by atoms with Gasteiger partial charge in [-0.3, -0.25) is 9.59 Å². The number of esters is 2. The van der Waals surface area contributed by atoms with E-state index in [0.717, 1.165) is 10.5 Å². The molecule has 0 aliphatic carbocycles. The molecule has 0 unspecified atom stereocenters. The largest absolute Gasteiger partial charge is 0.497 e. The molecule has 8 nitrogen and oxygen atoms in total. The molecule has 0 saturated heterocycles. The van der Waals surface area contributed by atoms with Crippen LogP contribution in [0.4, 0.5) is 5.69 Å². The van der Waals surface area contributed by atoms with Crippen LogP contribution in [0.3, 0.4) is 0 Å². The predicted molar refractivity (Wildman–Crippen MR) is 130 cm³/mol. The van der Waals surface area contributed by atoms with Crippen LogP contribution in [0.25, 0.3) is 0 Å². The molecule has 9 heteroatoms. The summed E-state index contributed by atoms with van der Waals surface area (Å²) < 4.78 is 16.0. The maximum atomic E-state index is 13.8. The van der Waals surface area contributed by atoms with Gasteiger partial charge in [0.25, 0.3) is 5.91 Å². The van der Waals surface area contributed by atoms with E-state index in [-0.39, 0.29) is 12.5 Å². The van der Waals surface area contributed by atoms with Gasteiger partial charge < -0.3 is 24.0 Å². The lowest BCUT2D eigenvalue weighted by Gasteiger charge is -2.28. The summed E-state index contributed by atoms with van der Waals surface area (Å²) in [5.41, 5.74) is 1.77. The molecule has 0 radical (unpaired) electrons. The van der Waals surface area contributed by atoms with Crippen molar-refractivity contribution in [2.24, 2.45) is 0 Å². The van der Waals surface area contributed by atoms with Crippen LogP contribution in [-0.2, 0) is 19.1 Å². The summed E-state index contributed by atoms with van der Waals surface area (Å²) in [6.45, 7) is 4.23. The molecule has 0 N–H and O–H groups in total. The van der Waals surface area contributed by atoms with Gasteiger partial charge in [0.1, 0.15) is 5.75 Å². The van der Waals surface area contributed by atoms with Gasteiger partial charge in [0.2, 0.25) is 0 Å². The van der Waals surface area contributed by atoms with E-state index in [0.29, 0.717) is 30.1 Å².